The fourth-order valence-corrected chi connectivity index (χ4v) is 5.77. The molecule has 3 N–H and O–H groups in total. The lowest BCUT2D eigenvalue weighted by Gasteiger charge is -2.12. The SMILES string of the molecule is COCCc1ccc(-c2[nH]c3cc(S(=O)(=O)Nc4ccc(C(=O)O)c5ccccc45)ccc3c2Cl)cc1. The molecule has 0 spiro atoms. The van der Waals surface area contributed by atoms with Crippen LogP contribution in [0.1, 0.15) is 15.9 Å². The number of fused-ring (bicyclic) bond motifs is 2. The van der Waals surface area contributed by atoms with E-state index in [1.54, 1.807) is 37.4 Å². The van der Waals surface area contributed by atoms with Gasteiger partial charge in [-0.3, -0.25) is 4.72 Å². The number of aromatic carboxylic acids is 1. The lowest BCUT2D eigenvalue weighted by Crippen LogP contribution is -2.13. The predicted molar refractivity (Wildman–Crippen MR) is 146 cm³/mol. The monoisotopic (exact) mass is 534 g/mol. The number of anilines is 1. The molecule has 0 aliphatic carbocycles. The van der Waals surface area contributed by atoms with E-state index in [4.69, 9.17) is 16.3 Å². The number of benzene rings is 4. The number of aromatic nitrogens is 1. The molecule has 0 radical (unpaired) electrons. The second kappa shape index (κ2) is 9.89. The van der Waals surface area contributed by atoms with Crippen molar-refractivity contribution in [1.82, 2.24) is 4.98 Å². The second-order valence-electron chi connectivity index (χ2n) is 8.58. The number of aromatic amines is 1. The Balaban J connectivity index is 1.49. The van der Waals surface area contributed by atoms with Crippen LogP contribution in [-0.2, 0) is 21.2 Å². The Morgan fingerprint density at radius 3 is 2.41 bits per heavy atom. The van der Waals surface area contributed by atoms with Crippen molar-refractivity contribution < 1.29 is 23.1 Å². The number of carbonyl (C=O) groups is 1. The van der Waals surface area contributed by atoms with Gasteiger partial charge in [-0.1, -0.05) is 60.1 Å². The summed E-state index contributed by atoms with van der Waals surface area (Å²) >= 11 is 6.65. The van der Waals surface area contributed by atoms with Gasteiger partial charge >= 0.3 is 5.97 Å². The van der Waals surface area contributed by atoms with Crippen molar-refractivity contribution in [2.45, 2.75) is 11.3 Å². The molecule has 37 heavy (non-hydrogen) atoms. The van der Waals surface area contributed by atoms with Gasteiger partial charge in [0.1, 0.15) is 0 Å². The zero-order chi connectivity index (χ0) is 26.2. The number of methoxy groups -OCH3 is 1. The lowest BCUT2D eigenvalue weighted by molar-refractivity contribution is 0.0699. The summed E-state index contributed by atoms with van der Waals surface area (Å²) in [5.41, 5.74) is 3.70. The fraction of sp³-hybridized carbons (Fsp3) is 0.107. The van der Waals surface area contributed by atoms with Gasteiger partial charge in [-0.15, -0.1) is 0 Å². The standard InChI is InChI=1S/C28H23ClN2O5S/c1-36-15-14-17-6-8-18(9-7-17)27-26(29)23-11-10-19(16-25(23)30-27)37(34,35)31-24-13-12-22(28(32)33)20-4-2-3-5-21(20)24/h2-13,16,30-31H,14-15H2,1H3,(H,32,33). The zero-order valence-corrected chi connectivity index (χ0v) is 21.4. The van der Waals surface area contributed by atoms with Gasteiger partial charge in [0.05, 0.1) is 33.5 Å². The molecule has 1 heterocycles. The highest BCUT2D eigenvalue weighted by Gasteiger charge is 2.20. The average Bonchev–Trinajstić information content (AvgIpc) is 3.23. The van der Waals surface area contributed by atoms with Crippen LogP contribution in [0.5, 0.6) is 0 Å². The van der Waals surface area contributed by atoms with Crippen LogP contribution in [0.15, 0.2) is 83.8 Å². The van der Waals surface area contributed by atoms with Crippen molar-refractivity contribution in [3.8, 4) is 11.3 Å². The van der Waals surface area contributed by atoms with Crippen LogP contribution in [0, 0.1) is 0 Å². The topological polar surface area (TPSA) is 108 Å². The maximum Gasteiger partial charge on any atom is 0.336 e. The number of hydrogen-bond donors (Lipinski definition) is 3. The van der Waals surface area contributed by atoms with Crippen LogP contribution in [0.4, 0.5) is 5.69 Å². The van der Waals surface area contributed by atoms with Crippen molar-refractivity contribution in [3.63, 3.8) is 0 Å². The third-order valence-electron chi connectivity index (χ3n) is 6.25. The Hall–Kier alpha value is -3.85. The number of halogens is 1. The van der Waals surface area contributed by atoms with E-state index in [1.807, 2.05) is 24.3 Å². The molecule has 1 aromatic heterocycles. The van der Waals surface area contributed by atoms with Gasteiger partial charge < -0.3 is 14.8 Å². The number of H-pyrrole nitrogens is 1. The molecule has 4 aromatic carbocycles. The number of hydrogen-bond acceptors (Lipinski definition) is 4. The molecule has 5 rings (SSSR count). The first kappa shape index (κ1) is 24.8. The van der Waals surface area contributed by atoms with Crippen molar-refractivity contribution >= 4 is 55.0 Å². The van der Waals surface area contributed by atoms with Gasteiger partial charge in [0, 0.05) is 23.4 Å². The third-order valence-corrected chi connectivity index (χ3v) is 8.01. The van der Waals surface area contributed by atoms with E-state index in [9.17, 15) is 18.3 Å². The molecule has 7 nitrogen and oxygen atoms in total. The maximum absolute atomic E-state index is 13.3. The van der Waals surface area contributed by atoms with E-state index in [0.29, 0.717) is 44.7 Å². The van der Waals surface area contributed by atoms with Crippen molar-refractivity contribution in [2.75, 3.05) is 18.4 Å². The Bertz CT molecular complexity index is 1740. The highest BCUT2D eigenvalue weighted by Crippen LogP contribution is 2.36. The van der Waals surface area contributed by atoms with Crippen molar-refractivity contribution in [1.29, 1.82) is 0 Å². The molecule has 0 saturated heterocycles. The number of sulfonamides is 1. The van der Waals surface area contributed by atoms with Gasteiger partial charge in [0.2, 0.25) is 0 Å². The summed E-state index contributed by atoms with van der Waals surface area (Å²) in [7, 11) is -2.32. The van der Waals surface area contributed by atoms with Crippen LogP contribution in [0.25, 0.3) is 32.9 Å². The summed E-state index contributed by atoms with van der Waals surface area (Å²) < 4.78 is 34.4. The molecule has 0 aliphatic heterocycles. The van der Waals surface area contributed by atoms with Gasteiger partial charge in [-0.25, -0.2) is 13.2 Å². The quantitative estimate of drug-likeness (QED) is 0.215. The first-order valence-electron chi connectivity index (χ1n) is 11.5. The van der Waals surface area contributed by atoms with Crippen molar-refractivity contribution in [3.05, 3.63) is 95.0 Å². The van der Waals surface area contributed by atoms with E-state index >= 15 is 0 Å². The Kier molecular flexibility index (Phi) is 6.64. The van der Waals surface area contributed by atoms with E-state index in [2.05, 4.69) is 9.71 Å². The average molecular weight is 535 g/mol. The van der Waals surface area contributed by atoms with Crippen LogP contribution < -0.4 is 4.72 Å². The van der Waals surface area contributed by atoms with Gasteiger partial charge in [0.25, 0.3) is 10.0 Å². The number of carboxylic acid groups (broad SMARTS) is 1. The number of nitrogens with one attached hydrogen (secondary N) is 2. The summed E-state index contributed by atoms with van der Waals surface area (Å²) in [5.74, 6) is -1.08. The summed E-state index contributed by atoms with van der Waals surface area (Å²) in [6.07, 6.45) is 0.805. The Morgan fingerprint density at radius 2 is 1.70 bits per heavy atom. The second-order valence-corrected chi connectivity index (χ2v) is 10.6. The van der Waals surface area contributed by atoms with Crippen LogP contribution in [0.3, 0.4) is 0 Å². The first-order valence-corrected chi connectivity index (χ1v) is 13.3. The Labute approximate surface area is 218 Å². The highest BCUT2D eigenvalue weighted by molar-refractivity contribution is 7.92. The minimum absolute atomic E-state index is 0.0470. The molecule has 0 saturated carbocycles. The molecular weight excluding hydrogens is 512 g/mol. The van der Waals surface area contributed by atoms with Gasteiger partial charge in [-0.05, 0) is 53.3 Å². The molecule has 0 aliphatic rings. The molecule has 0 unspecified atom stereocenters. The summed E-state index contributed by atoms with van der Waals surface area (Å²) in [6, 6.07) is 22.3. The normalized spacial score (nSPS) is 11.7. The fourth-order valence-electron chi connectivity index (χ4n) is 4.34. The summed E-state index contributed by atoms with van der Waals surface area (Å²) in [6.45, 7) is 0.636. The van der Waals surface area contributed by atoms with Gasteiger partial charge in [-0.2, -0.15) is 0 Å². The molecule has 5 aromatic rings. The summed E-state index contributed by atoms with van der Waals surface area (Å²) in [4.78, 5) is 14.9. The van der Waals surface area contributed by atoms with Crippen LogP contribution in [0.2, 0.25) is 5.02 Å². The number of ether oxygens (including phenoxy) is 1. The van der Waals surface area contributed by atoms with E-state index < -0.39 is 16.0 Å². The molecule has 0 fully saturated rings. The van der Waals surface area contributed by atoms with E-state index in [1.165, 1.54) is 24.3 Å². The molecule has 0 bridgehead atoms. The van der Waals surface area contributed by atoms with Crippen LogP contribution in [-0.4, -0.2) is 38.2 Å². The largest absolute Gasteiger partial charge is 0.478 e. The predicted octanol–water partition coefficient (Wildman–Crippen LogP) is 6.33. The van der Waals surface area contributed by atoms with E-state index in [-0.39, 0.29) is 10.5 Å². The number of rotatable bonds is 8. The molecule has 0 amide bonds. The number of carboxylic acids is 1. The molecule has 0 atom stereocenters. The minimum Gasteiger partial charge on any atom is -0.478 e. The first-order chi connectivity index (χ1) is 17.8. The molecule has 188 valence electrons. The van der Waals surface area contributed by atoms with Crippen LogP contribution >= 0.6 is 11.6 Å². The smallest absolute Gasteiger partial charge is 0.336 e. The lowest BCUT2D eigenvalue weighted by atomic mass is 10.0. The minimum atomic E-state index is -3.98. The summed E-state index contributed by atoms with van der Waals surface area (Å²) in [5, 5.41) is 11.6. The third kappa shape index (κ3) is 4.79. The Morgan fingerprint density at radius 1 is 0.973 bits per heavy atom. The highest BCUT2D eigenvalue weighted by atomic mass is 35.5. The molecule has 9 heteroatoms. The van der Waals surface area contributed by atoms with Gasteiger partial charge in [0.15, 0.2) is 0 Å². The molecular formula is C28H23ClN2O5S. The zero-order valence-electron chi connectivity index (χ0n) is 19.8. The van der Waals surface area contributed by atoms with Crippen molar-refractivity contribution in [2.24, 2.45) is 0 Å². The van der Waals surface area contributed by atoms with E-state index in [0.717, 1.165) is 17.5 Å². The maximum atomic E-state index is 13.3.